The topological polar surface area (TPSA) is 210 Å². The van der Waals surface area contributed by atoms with Crippen molar-refractivity contribution in [2.75, 3.05) is 13.2 Å². The van der Waals surface area contributed by atoms with Crippen molar-refractivity contribution in [3.05, 3.63) is 101 Å². The molecule has 0 saturated carbocycles. The molecule has 1 aliphatic heterocycles. The Bertz CT molecular complexity index is 1430. The number of aliphatic imine (C=N–C) groups is 1. The van der Waals surface area contributed by atoms with E-state index in [0.29, 0.717) is 17.9 Å². The maximum atomic E-state index is 13.1. The van der Waals surface area contributed by atoms with E-state index in [-0.39, 0.29) is 32.0 Å². The summed E-state index contributed by atoms with van der Waals surface area (Å²) in [6.07, 6.45) is 1.74. The van der Waals surface area contributed by atoms with E-state index in [9.17, 15) is 19.5 Å². The van der Waals surface area contributed by atoms with Crippen molar-refractivity contribution >= 4 is 23.7 Å². The van der Waals surface area contributed by atoms with E-state index in [4.69, 9.17) is 32.5 Å². The van der Waals surface area contributed by atoms with Gasteiger partial charge >= 0.3 is 5.97 Å². The lowest BCUT2D eigenvalue weighted by atomic mass is 9.94. The highest BCUT2D eigenvalue weighted by Gasteiger charge is 2.33. The van der Waals surface area contributed by atoms with Crippen molar-refractivity contribution < 1.29 is 29.1 Å². The van der Waals surface area contributed by atoms with Gasteiger partial charge in [-0.2, -0.15) is 0 Å². The number of fused-ring (bicyclic) bond motifs is 1. The summed E-state index contributed by atoms with van der Waals surface area (Å²) in [4.78, 5) is 45.5. The Labute approximate surface area is 262 Å². The second-order valence-electron chi connectivity index (χ2n) is 10.7. The molecular weight excluding hydrogens is 576 g/mol. The lowest BCUT2D eigenvalue weighted by molar-refractivity contribution is -0.213. The van der Waals surface area contributed by atoms with E-state index in [1.54, 1.807) is 12.1 Å². The normalized spacial score (nSPS) is 14.8. The summed E-state index contributed by atoms with van der Waals surface area (Å²) < 4.78 is 5.48. The van der Waals surface area contributed by atoms with Crippen LogP contribution in [-0.4, -0.2) is 59.1 Å². The van der Waals surface area contributed by atoms with E-state index in [2.05, 4.69) is 11.9 Å². The van der Waals surface area contributed by atoms with E-state index in [0.717, 1.165) is 35.0 Å². The van der Waals surface area contributed by atoms with Crippen molar-refractivity contribution in [2.45, 2.75) is 57.2 Å². The molecule has 4 rings (SSSR count). The van der Waals surface area contributed by atoms with E-state index >= 15 is 0 Å². The molecule has 0 aliphatic carbocycles. The first-order valence-corrected chi connectivity index (χ1v) is 14.7. The summed E-state index contributed by atoms with van der Waals surface area (Å²) in [5, 5.41) is 10.7. The number of ether oxygens (including phenoxy) is 1. The number of guanidine groups is 1. The summed E-state index contributed by atoms with van der Waals surface area (Å²) in [5.41, 5.74) is 25.3. The van der Waals surface area contributed by atoms with E-state index < -0.39 is 29.9 Å². The summed E-state index contributed by atoms with van der Waals surface area (Å²) in [5.74, 6) is -0.979. The smallest absolute Gasteiger partial charge is 0.329 e. The van der Waals surface area contributed by atoms with Crippen LogP contribution >= 0.6 is 0 Å². The Morgan fingerprint density at radius 3 is 2.24 bits per heavy atom. The molecule has 45 heavy (non-hydrogen) atoms. The Balaban J connectivity index is 0.000000325. The SMILES string of the molecule is CC1CCOc2cc(C(N)=O)ccc21.NC(N)=NCCC[C@@H](C(=O)O)N(OCc1ccccc1)C(=O)[C@@H](N)Cc1ccccc1. The van der Waals surface area contributed by atoms with Gasteiger partial charge in [-0.05, 0) is 60.4 Å². The number of aliphatic carboxylic acids is 1. The number of hydroxylamine groups is 2. The molecule has 3 atom stereocenters. The average molecular weight is 619 g/mol. The molecule has 1 unspecified atom stereocenters. The Kier molecular flexibility index (Phi) is 13.3. The van der Waals surface area contributed by atoms with Crippen LogP contribution in [-0.2, 0) is 27.5 Å². The zero-order chi connectivity index (χ0) is 32.8. The first-order valence-electron chi connectivity index (χ1n) is 14.7. The Morgan fingerprint density at radius 1 is 1.00 bits per heavy atom. The van der Waals surface area contributed by atoms with E-state index in [1.807, 2.05) is 66.7 Å². The maximum absolute atomic E-state index is 13.1. The predicted octanol–water partition coefficient (Wildman–Crippen LogP) is 2.70. The molecule has 0 saturated heterocycles. The van der Waals surface area contributed by atoms with Gasteiger partial charge in [0.2, 0.25) is 5.91 Å². The van der Waals surface area contributed by atoms with Crippen LogP contribution in [0.15, 0.2) is 83.9 Å². The van der Waals surface area contributed by atoms with E-state index in [1.165, 1.54) is 5.56 Å². The van der Waals surface area contributed by atoms with Gasteiger partial charge in [-0.25, -0.2) is 9.86 Å². The minimum Gasteiger partial charge on any atom is -0.493 e. The van der Waals surface area contributed by atoms with Gasteiger partial charge in [0.15, 0.2) is 12.0 Å². The Morgan fingerprint density at radius 2 is 1.64 bits per heavy atom. The van der Waals surface area contributed by atoms with Gasteiger partial charge < -0.3 is 32.8 Å². The third-order valence-electron chi connectivity index (χ3n) is 7.18. The molecular formula is C33H42N6O6. The predicted molar refractivity (Wildman–Crippen MR) is 171 cm³/mol. The van der Waals surface area contributed by atoms with Crippen LogP contribution in [0.2, 0.25) is 0 Å². The lowest BCUT2D eigenvalue weighted by Gasteiger charge is -2.30. The number of carbonyl (C=O) groups is 3. The number of carboxylic acids is 1. The van der Waals surface area contributed by atoms with Crippen LogP contribution in [0.1, 0.15) is 59.2 Å². The van der Waals surface area contributed by atoms with Gasteiger partial charge in [0.1, 0.15) is 12.4 Å². The maximum Gasteiger partial charge on any atom is 0.329 e. The van der Waals surface area contributed by atoms with Crippen molar-refractivity contribution in [1.82, 2.24) is 5.06 Å². The molecule has 0 aromatic heterocycles. The number of nitrogens with two attached hydrogens (primary N) is 4. The van der Waals surface area contributed by atoms with Gasteiger partial charge in [0.25, 0.3) is 5.91 Å². The zero-order valence-corrected chi connectivity index (χ0v) is 25.4. The molecule has 2 amide bonds. The van der Waals surface area contributed by atoms with Gasteiger partial charge in [-0.3, -0.25) is 19.4 Å². The molecule has 3 aromatic rings. The third-order valence-corrected chi connectivity index (χ3v) is 7.18. The van der Waals surface area contributed by atoms with Crippen molar-refractivity contribution in [2.24, 2.45) is 27.9 Å². The quantitative estimate of drug-likeness (QED) is 0.0824. The summed E-state index contributed by atoms with van der Waals surface area (Å²) >= 11 is 0. The van der Waals surface area contributed by atoms with Gasteiger partial charge in [0, 0.05) is 12.1 Å². The second kappa shape index (κ2) is 17.4. The van der Waals surface area contributed by atoms with Crippen LogP contribution in [0, 0.1) is 0 Å². The van der Waals surface area contributed by atoms with Crippen molar-refractivity contribution in [1.29, 1.82) is 0 Å². The molecule has 12 nitrogen and oxygen atoms in total. The van der Waals surface area contributed by atoms with Crippen LogP contribution in [0.25, 0.3) is 0 Å². The Hall–Kier alpha value is -4.94. The number of amides is 2. The highest BCUT2D eigenvalue weighted by Crippen LogP contribution is 2.33. The number of nitrogens with zero attached hydrogens (tertiary/aromatic N) is 2. The molecule has 0 bridgehead atoms. The first kappa shape index (κ1) is 34.5. The standard InChI is InChI=1S/C22H29N5O4.C11H13NO2/c23-18(14-16-8-3-1-4-9-16)20(28)27(31-15-17-10-5-2-6-11-17)19(21(29)30)12-7-13-26-22(24)25;1-7-4-5-14-10-6-8(11(12)13)2-3-9(7)10/h1-6,8-11,18-19H,7,12-15,23H2,(H,29,30)(H4,24,25,26);2-3,6-7H,4-5H2,1H3,(H2,12,13)/t18-,19-;/m0./s1. The molecule has 12 heteroatoms. The number of hydrogen-bond donors (Lipinski definition) is 5. The van der Waals surface area contributed by atoms with Crippen LogP contribution in [0.5, 0.6) is 5.75 Å². The van der Waals surface area contributed by atoms with Gasteiger partial charge in [0.05, 0.1) is 12.6 Å². The van der Waals surface area contributed by atoms with Gasteiger partial charge in [-0.1, -0.05) is 73.7 Å². The zero-order valence-electron chi connectivity index (χ0n) is 25.4. The fourth-order valence-corrected chi connectivity index (χ4v) is 4.70. The minimum atomic E-state index is -1.23. The molecule has 3 aromatic carbocycles. The van der Waals surface area contributed by atoms with Crippen LogP contribution in [0.3, 0.4) is 0 Å². The largest absolute Gasteiger partial charge is 0.493 e. The molecule has 240 valence electrons. The number of benzene rings is 3. The average Bonchev–Trinajstić information content (AvgIpc) is 3.02. The number of carboxylic acid groups (broad SMARTS) is 1. The van der Waals surface area contributed by atoms with Crippen LogP contribution in [0.4, 0.5) is 0 Å². The highest BCUT2D eigenvalue weighted by molar-refractivity contribution is 5.93. The highest BCUT2D eigenvalue weighted by atomic mass is 16.7. The fraction of sp³-hybridized carbons (Fsp3) is 0.333. The number of rotatable bonds is 13. The third kappa shape index (κ3) is 10.9. The summed E-state index contributed by atoms with van der Waals surface area (Å²) in [6, 6.07) is 21.6. The van der Waals surface area contributed by atoms with Crippen LogP contribution < -0.4 is 27.7 Å². The minimum absolute atomic E-state index is 0.0301. The second-order valence-corrected chi connectivity index (χ2v) is 10.7. The first-order chi connectivity index (χ1) is 21.6. The summed E-state index contributed by atoms with van der Waals surface area (Å²) in [6.45, 7) is 3.15. The molecule has 0 radical (unpaired) electrons. The van der Waals surface area contributed by atoms with Crippen molar-refractivity contribution in [3.8, 4) is 5.75 Å². The molecule has 1 heterocycles. The monoisotopic (exact) mass is 618 g/mol. The fourth-order valence-electron chi connectivity index (χ4n) is 4.70. The molecule has 0 spiro atoms. The number of carbonyl (C=O) groups excluding carboxylic acids is 2. The number of hydrogen-bond acceptors (Lipinski definition) is 7. The number of primary amides is 1. The lowest BCUT2D eigenvalue weighted by Crippen LogP contribution is -2.52. The van der Waals surface area contributed by atoms with Gasteiger partial charge in [-0.15, -0.1) is 0 Å². The van der Waals surface area contributed by atoms with Crippen molar-refractivity contribution in [3.63, 3.8) is 0 Å². The molecule has 1 aliphatic rings. The molecule has 9 N–H and O–H groups in total. The summed E-state index contributed by atoms with van der Waals surface area (Å²) in [7, 11) is 0. The molecule has 0 fully saturated rings.